The van der Waals surface area contributed by atoms with Gasteiger partial charge in [-0.2, -0.15) is 0 Å². The van der Waals surface area contributed by atoms with Crippen LogP contribution in [-0.4, -0.2) is 28.1 Å². The first-order valence-electron chi connectivity index (χ1n) is 9.31. The fraction of sp³-hybridized carbons (Fsp3) is 0.174. The summed E-state index contributed by atoms with van der Waals surface area (Å²) in [7, 11) is 0. The zero-order valence-corrected chi connectivity index (χ0v) is 16.2. The van der Waals surface area contributed by atoms with Crippen LogP contribution in [0.15, 0.2) is 65.2 Å². The van der Waals surface area contributed by atoms with Crippen LogP contribution in [-0.2, 0) is 16.0 Å². The van der Waals surface area contributed by atoms with Crippen molar-refractivity contribution in [3.05, 3.63) is 83.3 Å². The van der Waals surface area contributed by atoms with Crippen molar-refractivity contribution in [1.29, 1.82) is 0 Å². The standard InChI is InChI=1S/C23H20N2O4/c1-15-12-19(16(2)25(15)17-8-4-3-5-9-17)21(26)14-28-23(27)13-20-18-10-6-7-11-22(18)29-24-20/h3-12H,13-14H2,1-2H3. The fourth-order valence-electron chi connectivity index (χ4n) is 3.50. The van der Waals surface area contributed by atoms with Crippen LogP contribution >= 0.6 is 0 Å². The Bertz CT molecular complexity index is 1190. The van der Waals surface area contributed by atoms with Gasteiger partial charge in [0.2, 0.25) is 5.78 Å². The molecule has 0 fully saturated rings. The molecule has 4 rings (SSSR count). The van der Waals surface area contributed by atoms with Gasteiger partial charge in [0.15, 0.2) is 12.2 Å². The monoisotopic (exact) mass is 388 g/mol. The van der Waals surface area contributed by atoms with Crippen LogP contribution in [0, 0.1) is 13.8 Å². The normalized spacial score (nSPS) is 11.0. The highest BCUT2D eigenvalue weighted by Crippen LogP contribution is 2.22. The van der Waals surface area contributed by atoms with Crippen molar-refractivity contribution in [2.75, 3.05) is 6.61 Å². The van der Waals surface area contributed by atoms with E-state index < -0.39 is 5.97 Å². The Morgan fingerprint density at radius 1 is 1.03 bits per heavy atom. The first kappa shape index (κ1) is 18.7. The molecule has 4 aromatic rings. The number of esters is 1. The summed E-state index contributed by atoms with van der Waals surface area (Å²) in [5.74, 6) is -0.757. The van der Waals surface area contributed by atoms with Crippen molar-refractivity contribution < 1.29 is 18.8 Å². The number of ketones is 1. The van der Waals surface area contributed by atoms with Crippen molar-refractivity contribution in [3.63, 3.8) is 0 Å². The molecule has 0 aliphatic rings. The predicted molar refractivity (Wildman–Crippen MR) is 108 cm³/mol. The second-order valence-corrected chi connectivity index (χ2v) is 6.84. The molecule has 0 bridgehead atoms. The number of para-hydroxylation sites is 2. The summed E-state index contributed by atoms with van der Waals surface area (Å²) in [4.78, 5) is 24.9. The molecule has 0 radical (unpaired) electrons. The van der Waals surface area contributed by atoms with Gasteiger partial charge in [-0.15, -0.1) is 0 Å². The van der Waals surface area contributed by atoms with Crippen LogP contribution in [0.1, 0.15) is 27.4 Å². The number of benzene rings is 2. The van der Waals surface area contributed by atoms with Gasteiger partial charge < -0.3 is 13.8 Å². The lowest BCUT2D eigenvalue weighted by atomic mass is 10.1. The topological polar surface area (TPSA) is 74.3 Å². The second-order valence-electron chi connectivity index (χ2n) is 6.84. The van der Waals surface area contributed by atoms with Gasteiger partial charge in [0.25, 0.3) is 0 Å². The lowest BCUT2D eigenvalue weighted by Crippen LogP contribution is -2.16. The Labute approximate surface area is 167 Å². The van der Waals surface area contributed by atoms with E-state index in [1.165, 1.54) is 0 Å². The van der Waals surface area contributed by atoms with Gasteiger partial charge in [-0.3, -0.25) is 9.59 Å². The molecule has 6 nitrogen and oxygen atoms in total. The van der Waals surface area contributed by atoms with Crippen LogP contribution < -0.4 is 0 Å². The lowest BCUT2D eigenvalue weighted by molar-refractivity contribution is -0.141. The highest BCUT2D eigenvalue weighted by Gasteiger charge is 2.19. The molecule has 0 spiro atoms. The van der Waals surface area contributed by atoms with Crippen molar-refractivity contribution in [3.8, 4) is 5.69 Å². The molecule has 0 saturated heterocycles. The summed E-state index contributed by atoms with van der Waals surface area (Å²) in [5.41, 5.74) is 4.40. The average Bonchev–Trinajstić information content (AvgIpc) is 3.27. The molecule has 29 heavy (non-hydrogen) atoms. The molecule has 2 aromatic heterocycles. The Balaban J connectivity index is 1.44. The number of carbonyl (C=O) groups excluding carboxylic acids is 2. The Morgan fingerprint density at radius 3 is 2.55 bits per heavy atom. The number of hydrogen-bond donors (Lipinski definition) is 0. The Hall–Kier alpha value is -3.67. The van der Waals surface area contributed by atoms with E-state index in [1.54, 1.807) is 6.07 Å². The Morgan fingerprint density at radius 2 is 1.76 bits per heavy atom. The van der Waals surface area contributed by atoms with Gasteiger partial charge in [0, 0.05) is 28.0 Å². The lowest BCUT2D eigenvalue weighted by Gasteiger charge is -2.09. The van der Waals surface area contributed by atoms with Gasteiger partial charge in [-0.25, -0.2) is 0 Å². The minimum absolute atomic E-state index is 0.0483. The van der Waals surface area contributed by atoms with E-state index in [2.05, 4.69) is 5.16 Å². The van der Waals surface area contributed by atoms with Crippen LogP contribution in [0.5, 0.6) is 0 Å². The smallest absolute Gasteiger partial charge is 0.312 e. The van der Waals surface area contributed by atoms with Crippen molar-refractivity contribution in [2.24, 2.45) is 0 Å². The highest BCUT2D eigenvalue weighted by molar-refractivity contribution is 5.99. The quantitative estimate of drug-likeness (QED) is 0.365. The number of hydrogen-bond acceptors (Lipinski definition) is 5. The third-order valence-electron chi connectivity index (χ3n) is 4.87. The van der Waals surface area contributed by atoms with E-state index in [4.69, 9.17) is 9.26 Å². The van der Waals surface area contributed by atoms with Crippen molar-refractivity contribution >= 4 is 22.7 Å². The summed E-state index contributed by atoms with van der Waals surface area (Å²) in [6.45, 7) is 3.52. The average molecular weight is 388 g/mol. The molecule has 0 aliphatic heterocycles. The summed E-state index contributed by atoms with van der Waals surface area (Å²) < 4.78 is 12.4. The molecule has 0 saturated carbocycles. The van der Waals surface area contributed by atoms with Crippen molar-refractivity contribution in [2.45, 2.75) is 20.3 Å². The van der Waals surface area contributed by atoms with E-state index in [9.17, 15) is 9.59 Å². The van der Waals surface area contributed by atoms with Crippen LogP contribution in [0.2, 0.25) is 0 Å². The zero-order valence-electron chi connectivity index (χ0n) is 16.2. The molecule has 2 aromatic carbocycles. The third kappa shape index (κ3) is 3.69. The molecule has 146 valence electrons. The number of aryl methyl sites for hydroxylation is 1. The van der Waals surface area contributed by atoms with Gasteiger partial charge in [0.05, 0.1) is 6.42 Å². The number of aromatic nitrogens is 2. The number of Topliss-reactive ketones (excluding diaryl/α,β-unsaturated/α-hetero) is 1. The van der Waals surface area contributed by atoms with Gasteiger partial charge in [-0.1, -0.05) is 35.5 Å². The summed E-state index contributed by atoms with van der Waals surface area (Å²) in [6, 6.07) is 18.9. The van der Waals surface area contributed by atoms with Crippen LogP contribution in [0.4, 0.5) is 0 Å². The summed E-state index contributed by atoms with van der Waals surface area (Å²) in [5, 5.41) is 4.68. The maximum atomic E-state index is 12.7. The molecule has 0 unspecified atom stereocenters. The molecule has 0 amide bonds. The first-order valence-corrected chi connectivity index (χ1v) is 9.31. The SMILES string of the molecule is Cc1cc(C(=O)COC(=O)Cc2noc3ccccc23)c(C)n1-c1ccccc1. The number of ether oxygens (including phenoxy) is 1. The molecule has 0 atom stereocenters. The molecule has 0 aliphatic carbocycles. The molecule has 2 heterocycles. The zero-order chi connectivity index (χ0) is 20.4. The number of rotatable bonds is 6. The van der Waals surface area contributed by atoms with Gasteiger partial charge in [0.1, 0.15) is 5.69 Å². The summed E-state index contributed by atoms with van der Waals surface area (Å²) >= 11 is 0. The number of carbonyl (C=O) groups is 2. The maximum absolute atomic E-state index is 12.7. The number of fused-ring (bicyclic) bond motifs is 1. The van der Waals surface area contributed by atoms with Gasteiger partial charge in [-0.05, 0) is 44.2 Å². The third-order valence-corrected chi connectivity index (χ3v) is 4.87. The fourth-order valence-corrected chi connectivity index (χ4v) is 3.50. The molecule has 0 N–H and O–H groups in total. The van der Waals surface area contributed by atoms with Crippen LogP contribution in [0.3, 0.4) is 0 Å². The Kier molecular flexibility index (Phi) is 4.99. The number of nitrogens with zero attached hydrogens (tertiary/aromatic N) is 2. The first-order chi connectivity index (χ1) is 14.0. The van der Waals surface area contributed by atoms with E-state index in [0.29, 0.717) is 16.8 Å². The molecular weight excluding hydrogens is 368 g/mol. The van der Waals surface area contributed by atoms with Crippen LogP contribution in [0.25, 0.3) is 16.7 Å². The minimum Gasteiger partial charge on any atom is -0.457 e. The molecule has 6 heteroatoms. The predicted octanol–water partition coefficient (Wildman–Crippen LogP) is 4.20. The second kappa shape index (κ2) is 7.75. The van der Waals surface area contributed by atoms with Gasteiger partial charge >= 0.3 is 5.97 Å². The maximum Gasteiger partial charge on any atom is 0.312 e. The van der Waals surface area contributed by atoms with E-state index >= 15 is 0 Å². The summed E-state index contributed by atoms with van der Waals surface area (Å²) in [6.07, 6.45) is -0.0483. The van der Waals surface area contributed by atoms with E-state index in [1.807, 2.05) is 73.0 Å². The minimum atomic E-state index is -0.519. The van der Waals surface area contributed by atoms with E-state index in [0.717, 1.165) is 22.5 Å². The van der Waals surface area contributed by atoms with Crippen molar-refractivity contribution in [1.82, 2.24) is 9.72 Å². The largest absolute Gasteiger partial charge is 0.457 e. The van der Waals surface area contributed by atoms with E-state index in [-0.39, 0.29) is 18.8 Å². The molecular formula is C23H20N2O4. The highest BCUT2D eigenvalue weighted by atomic mass is 16.5.